The lowest BCUT2D eigenvalue weighted by molar-refractivity contribution is 0.340. The van der Waals surface area contributed by atoms with Gasteiger partial charge in [0.2, 0.25) is 0 Å². The molecule has 0 aliphatic carbocycles. The van der Waals surface area contributed by atoms with Crippen molar-refractivity contribution in [3.63, 3.8) is 0 Å². The Morgan fingerprint density at radius 2 is 1.84 bits per heavy atom. The van der Waals surface area contributed by atoms with Gasteiger partial charge in [0.15, 0.2) is 5.82 Å². The lowest BCUT2D eigenvalue weighted by Crippen LogP contribution is -2.13. The fourth-order valence-corrected chi connectivity index (χ4v) is 2.08. The minimum atomic E-state index is -0.0292. The molecule has 0 spiro atoms. The molecule has 2 rings (SSSR count). The summed E-state index contributed by atoms with van der Waals surface area (Å²) in [5.74, 6) is 1.40. The van der Waals surface area contributed by atoms with E-state index < -0.39 is 0 Å². The van der Waals surface area contributed by atoms with Gasteiger partial charge in [0.1, 0.15) is 5.75 Å². The Labute approximate surface area is 114 Å². The molecule has 0 unspecified atom stereocenters. The van der Waals surface area contributed by atoms with Crippen LogP contribution in [0.2, 0.25) is 0 Å². The number of nitrogens with one attached hydrogen (secondary N) is 1. The van der Waals surface area contributed by atoms with E-state index in [9.17, 15) is 0 Å². The first kappa shape index (κ1) is 13.5. The Hall–Kier alpha value is -1.97. The van der Waals surface area contributed by atoms with Crippen molar-refractivity contribution in [2.24, 2.45) is 0 Å². The van der Waals surface area contributed by atoms with Crippen molar-refractivity contribution in [2.75, 3.05) is 12.3 Å². The molecule has 1 aromatic heterocycles. The molecule has 0 radical (unpaired) electrons. The van der Waals surface area contributed by atoms with Gasteiger partial charge in [-0.05, 0) is 24.6 Å². The first-order valence-corrected chi connectivity index (χ1v) is 6.51. The summed E-state index contributed by atoms with van der Waals surface area (Å²) in [4.78, 5) is 0. The zero-order valence-corrected chi connectivity index (χ0v) is 11.9. The molecule has 0 saturated carbocycles. The van der Waals surface area contributed by atoms with E-state index in [0.717, 1.165) is 22.6 Å². The summed E-state index contributed by atoms with van der Waals surface area (Å²) in [5, 5.41) is 7.19. The van der Waals surface area contributed by atoms with Crippen LogP contribution in [0, 0.1) is 0 Å². The number of nitrogens with two attached hydrogens (primary N) is 1. The van der Waals surface area contributed by atoms with Crippen LogP contribution in [0.25, 0.3) is 11.1 Å². The van der Waals surface area contributed by atoms with Crippen LogP contribution < -0.4 is 10.5 Å². The Balaban J connectivity index is 2.44. The fourth-order valence-electron chi connectivity index (χ4n) is 2.08. The van der Waals surface area contributed by atoms with E-state index in [2.05, 4.69) is 31.0 Å². The van der Waals surface area contributed by atoms with Crippen molar-refractivity contribution in [3.8, 4) is 16.9 Å². The summed E-state index contributed by atoms with van der Waals surface area (Å²) >= 11 is 0. The molecule has 0 aliphatic rings. The van der Waals surface area contributed by atoms with Gasteiger partial charge in [0.25, 0.3) is 0 Å². The van der Waals surface area contributed by atoms with Crippen molar-refractivity contribution in [3.05, 3.63) is 30.0 Å². The van der Waals surface area contributed by atoms with Gasteiger partial charge < -0.3 is 10.5 Å². The van der Waals surface area contributed by atoms with Crippen molar-refractivity contribution in [1.82, 2.24) is 10.2 Å². The normalized spacial score (nSPS) is 11.6. The van der Waals surface area contributed by atoms with Gasteiger partial charge in [-0.25, -0.2) is 0 Å². The standard InChI is InChI=1S/C15H21N3O/c1-5-19-11-8-6-10(7-9-11)12-13(15(2,3)4)17-18-14(12)16/h6-9H,5H2,1-4H3,(H3,16,17,18). The molecule has 19 heavy (non-hydrogen) atoms. The molecule has 0 amide bonds. The zero-order chi connectivity index (χ0) is 14.0. The van der Waals surface area contributed by atoms with Gasteiger partial charge in [-0.2, -0.15) is 5.10 Å². The maximum absolute atomic E-state index is 5.99. The van der Waals surface area contributed by atoms with Crippen molar-refractivity contribution < 1.29 is 4.74 Å². The number of benzene rings is 1. The number of ether oxygens (including phenoxy) is 1. The van der Waals surface area contributed by atoms with E-state index in [1.54, 1.807) is 0 Å². The van der Waals surface area contributed by atoms with Crippen molar-refractivity contribution in [2.45, 2.75) is 33.1 Å². The van der Waals surface area contributed by atoms with E-state index in [1.807, 2.05) is 31.2 Å². The van der Waals surface area contributed by atoms with E-state index in [4.69, 9.17) is 10.5 Å². The largest absolute Gasteiger partial charge is 0.494 e. The lowest BCUT2D eigenvalue weighted by atomic mass is 9.87. The molecule has 0 atom stereocenters. The maximum atomic E-state index is 5.99. The maximum Gasteiger partial charge on any atom is 0.153 e. The average molecular weight is 259 g/mol. The monoisotopic (exact) mass is 259 g/mol. The highest BCUT2D eigenvalue weighted by Crippen LogP contribution is 2.35. The molecule has 0 aliphatic heterocycles. The fraction of sp³-hybridized carbons (Fsp3) is 0.400. The van der Waals surface area contributed by atoms with Crippen molar-refractivity contribution in [1.29, 1.82) is 0 Å². The highest BCUT2D eigenvalue weighted by Gasteiger charge is 2.23. The Morgan fingerprint density at radius 3 is 2.37 bits per heavy atom. The van der Waals surface area contributed by atoms with E-state index in [0.29, 0.717) is 12.4 Å². The summed E-state index contributed by atoms with van der Waals surface area (Å²) < 4.78 is 5.45. The number of aromatic nitrogens is 2. The molecule has 4 nitrogen and oxygen atoms in total. The van der Waals surface area contributed by atoms with Crippen LogP contribution in [0.5, 0.6) is 5.75 Å². The molecular weight excluding hydrogens is 238 g/mol. The summed E-state index contributed by atoms with van der Waals surface area (Å²) in [6, 6.07) is 7.94. The second-order valence-corrected chi connectivity index (χ2v) is 5.57. The molecule has 2 aromatic rings. The number of hydrogen-bond acceptors (Lipinski definition) is 3. The number of anilines is 1. The van der Waals surface area contributed by atoms with Gasteiger partial charge in [0.05, 0.1) is 12.3 Å². The Bertz CT molecular complexity index is 550. The number of hydrogen-bond donors (Lipinski definition) is 2. The number of H-pyrrole nitrogens is 1. The molecule has 1 aromatic carbocycles. The molecule has 3 N–H and O–H groups in total. The minimum Gasteiger partial charge on any atom is -0.494 e. The smallest absolute Gasteiger partial charge is 0.153 e. The van der Waals surface area contributed by atoms with Crippen LogP contribution >= 0.6 is 0 Å². The summed E-state index contributed by atoms with van der Waals surface area (Å²) in [5.41, 5.74) is 9.05. The predicted octanol–water partition coefficient (Wildman–Crippen LogP) is 3.36. The van der Waals surface area contributed by atoms with Crippen molar-refractivity contribution >= 4 is 5.82 Å². The Kier molecular flexibility index (Phi) is 3.51. The van der Waals surface area contributed by atoms with Gasteiger partial charge in [-0.3, -0.25) is 5.10 Å². The van der Waals surface area contributed by atoms with E-state index in [1.165, 1.54) is 0 Å². The summed E-state index contributed by atoms with van der Waals surface area (Å²) in [7, 11) is 0. The second-order valence-electron chi connectivity index (χ2n) is 5.57. The highest BCUT2D eigenvalue weighted by molar-refractivity contribution is 5.77. The van der Waals surface area contributed by atoms with Gasteiger partial charge in [-0.1, -0.05) is 32.9 Å². The number of nitrogen functional groups attached to an aromatic ring is 1. The molecule has 102 valence electrons. The van der Waals surface area contributed by atoms with E-state index in [-0.39, 0.29) is 5.41 Å². The third-order valence-corrected chi connectivity index (χ3v) is 3.00. The molecule has 1 heterocycles. The number of nitrogens with zero attached hydrogens (tertiary/aromatic N) is 1. The number of rotatable bonds is 3. The van der Waals surface area contributed by atoms with Gasteiger partial charge in [0, 0.05) is 11.0 Å². The van der Waals surface area contributed by atoms with E-state index >= 15 is 0 Å². The van der Waals surface area contributed by atoms with Crippen LogP contribution in [-0.2, 0) is 5.41 Å². The first-order chi connectivity index (χ1) is 8.93. The SMILES string of the molecule is CCOc1ccc(-c2c(N)n[nH]c2C(C)(C)C)cc1. The quantitative estimate of drug-likeness (QED) is 0.888. The third kappa shape index (κ3) is 2.72. The Morgan fingerprint density at radius 1 is 1.21 bits per heavy atom. The lowest BCUT2D eigenvalue weighted by Gasteiger charge is -2.18. The summed E-state index contributed by atoms with van der Waals surface area (Å²) in [6.45, 7) is 9.05. The molecule has 0 bridgehead atoms. The molecule has 0 fully saturated rings. The van der Waals surface area contributed by atoms with Crippen LogP contribution in [-0.4, -0.2) is 16.8 Å². The third-order valence-electron chi connectivity index (χ3n) is 3.00. The van der Waals surface area contributed by atoms with Crippen LogP contribution in [0.4, 0.5) is 5.82 Å². The molecular formula is C15H21N3O. The predicted molar refractivity (Wildman–Crippen MR) is 78.3 cm³/mol. The first-order valence-electron chi connectivity index (χ1n) is 6.51. The molecule has 0 saturated heterocycles. The minimum absolute atomic E-state index is 0.0292. The topological polar surface area (TPSA) is 63.9 Å². The average Bonchev–Trinajstić information content (AvgIpc) is 2.72. The van der Waals surface area contributed by atoms with Crippen LogP contribution in [0.1, 0.15) is 33.4 Å². The van der Waals surface area contributed by atoms with Gasteiger partial charge in [-0.15, -0.1) is 0 Å². The summed E-state index contributed by atoms with van der Waals surface area (Å²) in [6.07, 6.45) is 0. The van der Waals surface area contributed by atoms with Crippen LogP contribution in [0.3, 0.4) is 0 Å². The highest BCUT2D eigenvalue weighted by atomic mass is 16.5. The van der Waals surface area contributed by atoms with Gasteiger partial charge >= 0.3 is 0 Å². The second kappa shape index (κ2) is 4.96. The zero-order valence-electron chi connectivity index (χ0n) is 11.9. The van der Waals surface area contributed by atoms with Crippen LogP contribution in [0.15, 0.2) is 24.3 Å². The molecule has 4 heteroatoms. The number of aromatic amines is 1.